The Labute approximate surface area is 73.1 Å². The Hall–Kier alpha value is -1.28. The van der Waals surface area contributed by atoms with Gasteiger partial charge in [0.2, 0.25) is 0 Å². The van der Waals surface area contributed by atoms with E-state index in [0.29, 0.717) is 6.54 Å². The van der Waals surface area contributed by atoms with Gasteiger partial charge in [0.15, 0.2) is 0 Å². The Morgan fingerprint density at radius 3 is 2.92 bits per heavy atom. The fraction of sp³-hybridized carbons (Fsp3) is 0.200. The van der Waals surface area contributed by atoms with E-state index < -0.39 is 0 Å². The zero-order valence-electron chi connectivity index (χ0n) is 7.09. The molecular formula is C10H14N2. The van der Waals surface area contributed by atoms with Gasteiger partial charge in [-0.3, -0.25) is 0 Å². The Morgan fingerprint density at radius 1 is 1.33 bits per heavy atom. The number of allylic oxidation sites excluding steroid dienone is 6. The van der Waals surface area contributed by atoms with Crippen molar-refractivity contribution < 1.29 is 0 Å². The third-order valence-electron chi connectivity index (χ3n) is 1.54. The van der Waals surface area contributed by atoms with Crippen LogP contribution in [-0.2, 0) is 0 Å². The molecule has 12 heavy (non-hydrogen) atoms. The molecule has 2 nitrogen and oxygen atoms in total. The van der Waals surface area contributed by atoms with Crippen molar-refractivity contribution in [2.75, 3.05) is 13.1 Å². The minimum Gasteiger partial charge on any atom is -0.384 e. The topological polar surface area (TPSA) is 38.0 Å². The molecule has 0 aliphatic heterocycles. The van der Waals surface area contributed by atoms with E-state index in [4.69, 9.17) is 5.73 Å². The van der Waals surface area contributed by atoms with E-state index in [9.17, 15) is 0 Å². The molecule has 0 amide bonds. The summed E-state index contributed by atoms with van der Waals surface area (Å²) < 4.78 is 0. The summed E-state index contributed by atoms with van der Waals surface area (Å²) in [5, 5.41) is 3.19. The quantitative estimate of drug-likeness (QED) is 0.652. The highest BCUT2D eigenvalue weighted by Crippen LogP contribution is 2.04. The van der Waals surface area contributed by atoms with Gasteiger partial charge in [0, 0.05) is 18.8 Å². The fourth-order valence-corrected chi connectivity index (χ4v) is 0.918. The predicted molar refractivity (Wildman–Crippen MR) is 52.6 cm³/mol. The van der Waals surface area contributed by atoms with E-state index in [1.807, 2.05) is 30.4 Å². The van der Waals surface area contributed by atoms with Crippen LogP contribution in [-0.4, -0.2) is 13.1 Å². The van der Waals surface area contributed by atoms with Crippen molar-refractivity contribution in [1.29, 1.82) is 0 Å². The SMILES string of the molecule is C=C1C=CC=C(NCCN)C=C1. The Balaban J connectivity index is 2.54. The second kappa shape index (κ2) is 4.57. The molecule has 0 spiro atoms. The molecule has 1 aliphatic carbocycles. The van der Waals surface area contributed by atoms with Crippen LogP contribution in [0, 0.1) is 0 Å². The van der Waals surface area contributed by atoms with Gasteiger partial charge >= 0.3 is 0 Å². The third kappa shape index (κ3) is 2.76. The first kappa shape index (κ1) is 8.81. The largest absolute Gasteiger partial charge is 0.384 e. The Morgan fingerprint density at radius 2 is 2.17 bits per heavy atom. The zero-order chi connectivity index (χ0) is 8.81. The minimum absolute atomic E-state index is 0.649. The molecule has 0 aromatic carbocycles. The lowest BCUT2D eigenvalue weighted by molar-refractivity contribution is 0.815. The van der Waals surface area contributed by atoms with Crippen LogP contribution in [0.3, 0.4) is 0 Å². The molecule has 0 radical (unpaired) electrons. The zero-order valence-corrected chi connectivity index (χ0v) is 7.09. The van der Waals surface area contributed by atoms with Gasteiger partial charge in [-0.2, -0.15) is 0 Å². The van der Waals surface area contributed by atoms with Crippen molar-refractivity contribution in [2.24, 2.45) is 5.73 Å². The van der Waals surface area contributed by atoms with Crippen molar-refractivity contribution in [1.82, 2.24) is 5.32 Å². The molecule has 0 heterocycles. The Bertz CT molecular complexity index is 247. The summed E-state index contributed by atoms with van der Waals surface area (Å²) in [5.41, 5.74) is 7.45. The van der Waals surface area contributed by atoms with Crippen molar-refractivity contribution in [2.45, 2.75) is 0 Å². The lowest BCUT2D eigenvalue weighted by atomic mass is 10.3. The van der Waals surface area contributed by atoms with E-state index in [1.165, 1.54) is 0 Å². The lowest BCUT2D eigenvalue weighted by Crippen LogP contribution is -2.20. The molecule has 0 saturated heterocycles. The summed E-state index contributed by atoms with van der Waals surface area (Å²) in [4.78, 5) is 0. The monoisotopic (exact) mass is 162 g/mol. The van der Waals surface area contributed by atoms with Gasteiger partial charge in [0.1, 0.15) is 0 Å². The average Bonchev–Trinajstić information content (AvgIpc) is 2.27. The first-order valence-electron chi connectivity index (χ1n) is 4.02. The molecule has 0 unspecified atom stereocenters. The molecule has 0 aromatic rings. The van der Waals surface area contributed by atoms with Gasteiger partial charge in [-0.25, -0.2) is 0 Å². The van der Waals surface area contributed by atoms with Crippen molar-refractivity contribution >= 4 is 0 Å². The standard InChI is InChI=1S/C10H14N2/c1-9-3-2-4-10(6-5-9)12-8-7-11/h2-6,12H,1,7-8,11H2. The highest BCUT2D eigenvalue weighted by Gasteiger charge is 1.91. The van der Waals surface area contributed by atoms with Crippen molar-refractivity contribution in [3.63, 3.8) is 0 Å². The summed E-state index contributed by atoms with van der Waals surface area (Å²) >= 11 is 0. The highest BCUT2D eigenvalue weighted by molar-refractivity contribution is 5.38. The van der Waals surface area contributed by atoms with E-state index in [2.05, 4.69) is 11.9 Å². The third-order valence-corrected chi connectivity index (χ3v) is 1.54. The summed E-state index contributed by atoms with van der Waals surface area (Å²) in [7, 11) is 0. The number of hydrogen-bond donors (Lipinski definition) is 2. The molecule has 0 saturated carbocycles. The van der Waals surface area contributed by atoms with E-state index in [-0.39, 0.29) is 0 Å². The molecule has 0 aromatic heterocycles. The van der Waals surface area contributed by atoms with Gasteiger partial charge < -0.3 is 11.1 Å². The number of hydrogen-bond acceptors (Lipinski definition) is 2. The van der Waals surface area contributed by atoms with Gasteiger partial charge in [-0.15, -0.1) is 0 Å². The van der Waals surface area contributed by atoms with Crippen LogP contribution in [0.15, 0.2) is 48.2 Å². The second-order valence-corrected chi connectivity index (χ2v) is 2.60. The fourth-order valence-electron chi connectivity index (χ4n) is 0.918. The summed E-state index contributed by atoms with van der Waals surface area (Å²) in [5.74, 6) is 0. The van der Waals surface area contributed by atoms with Gasteiger partial charge in [-0.1, -0.05) is 24.8 Å². The van der Waals surface area contributed by atoms with Gasteiger partial charge in [-0.05, 0) is 17.7 Å². The number of rotatable bonds is 3. The van der Waals surface area contributed by atoms with Gasteiger partial charge in [0.25, 0.3) is 0 Å². The Kier molecular flexibility index (Phi) is 3.35. The molecule has 2 heteroatoms. The van der Waals surface area contributed by atoms with Crippen molar-refractivity contribution in [3.8, 4) is 0 Å². The number of nitrogens with two attached hydrogens (primary N) is 1. The molecule has 1 rings (SSSR count). The summed E-state index contributed by atoms with van der Waals surface area (Å²) in [6.07, 6.45) is 9.91. The average molecular weight is 162 g/mol. The van der Waals surface area contributed by atoms with E-state index in [1.54, 1.807) is 0 Å². The molecule has 64 valence electrons. The predicted octanol–water partition coefficient (Wildman–Crippen LogP) is 1.10. The summed E-state index contributed by atoms with van der Waals surface area (Å²) in [6.45, 7) is 5.28. The van der Waals surface area contributed by atoms with Crippen LogP contribution >= 0.6 is 0 Å². The van der Waals surface area contributed by atoms with Crippen LogP contribution in [0.2, 0.25) is 0 Å². The molecule has 0 fully saturated rings. The van der Waals surface area contributed by atoms with Crippen LogP contribution in [0.5, 0.6) is 0 Å². The number of nitrogens with one attached hydrogen (secondary N) is 1. The highest BCUT2D eigenvalue weighted by atomic mass is 14.9. The minimum atomic E-state index is 0.649. The van der Waals surface area contributed by atoms with E-state index in [0.717, 1.165) is 17.8 Å². The smallest absolute Gasteiger partial charge is 0.0340 e. The van der Waals surface area contributed by atoms with Gasteiger partial charge in [0.05, 0.1) is 0 Å². The van der Waals surface area contributed by atoms with Crippen LogP contribution in [0.25, 0.3) is 0 Å². The molecular weight excluding hydrogens is 148 g/mol. The van der Waals surface area contributed by atoms with Crippen LogP contribution in [0.4, 0.5) is 0 Å². The summed E-state index contributed by atoms with van der Waals surface area (Å²) in [6, 6.07) is 0. The maximum atomic E-state index is 5.36. The first-order chi connectivity index (χ1) is 5.83. The molecule has 1 aliphatic rings. The second-order valence-electron chi connectivity index (χ2n) is 2.60. The van der Waals surface area contributed by atoms with E-state index >= 15 is 0 Å². The maximum absolute atomic E-state index is 5.36. The molecule has 0 bridgehead atoms. The molecule has 3 N–H and O–H groups in total. The normalized spacial score (nSPS) is 15.8. The first-order valence-corrected chi connectivity index (χ1v) is 4.02. The van der Waals surface area contributed by atoms with Crippen LogP contribution in [0.1, 0.15) is 0 Å². The van der Waals surface area contributed by atoms with Crippen molar-refractivity contribution in [3.05, 3.63) is 48.2 Å². The maximum Gasteiger partial charge on any atom is 0.0340 e. The van der Waals surface area contributed by atoms with Crippen LogP contribution < -0.4 is 11.1 Å². The lowest BCUT2D eigenvalue weighted by Gasteiger charge is -2.02. The molecule has 0 atom stereocenters.